The standard InChI is InChI=1S/C51H48B2N2/c1-35-30-31-43-47(32-35)55(37-22-12-9-13-23-37)49-34-48-44(33-45(49)53(43)41-27-17-15-25-39(41)51(5,6)7)52(40-26-16-14-24-38(40)50(2,3)4)42-28-18-19-29-46(42)54(48)36-20-10-8-11-21-36/h8-34H,1-7H3. The number of nitrogens with zero attached hydrogens (tertiary/aromatic N) is 2. The first kappa shape index (κ1) is 35.0. The Morgan fingerprint density at radius 2 is 0.745 bits per heavy atom. The van der Waals surface area contributed by atoms with E-state index in [1.807, 2.05) is 0 Å². The fourth-order valence-corrected chi connectivity index (χ4v) is 9.33. The number of hydrogen-bond donors (Lipinski definition) is 0. The van der Waals surface area contributed by atoms with Gasteiger partial charge in [-0.15, -0.1) is 0 Å². The highest BCUT2D eigenvalue weighted by Gasteiger charge is 2.43. The number of para-hydroxylation sites is 3. The summed E-state index contributed by atoms with van der Waals surface area (Å²) < 4.78 is 0. The first-order valence-corrected chi connectivity index (χ1v) is 19.8. The van der Waals surface area contributed by atoms with E-state index in [-0.39, 0.29) is 24.3 Å². The summed E-state index contributed by atoms with van der Waals surface area (Å²) >= 11 is 0. The normalized spacial score (nSPS) is 13.6. The smallest absolute Gasteiger partial charge is 0.247 e. The van der Waals surface area contributed by atoms with Gasteiger partial charge in [0.15, 0.2) is 0 Å². The molecule has 2 heterocycles. The van der Waals surface area contributed by atoms with Gasteiger partial charge in [-0.1, -0.05) is 174 Å². The van der Waals surface area contributed by atoms with Crippen LogP contribution in [0.15, 0.2) is 164 Å². The van der Waals surface area contributed by atoms with E-state index in [1.54, 1.807) is 0 Å². The van der Waals surface area contributed by atoms with Gasteiger partial charge in [0, 0.05) is 34.1 Å². The average Bonchev–Trinajstić information content (AvgIpc) is 3.18. The Morgan fingerprint density at radius 3 is 1.25 bits per heavy atom. The number of fused-ring (bicyclic) bond motifs is 4. The Kier molecular flexibility index (Phi) is 8.42. The Bertz CT molecular complexity index is 2550. The highest BCUT2D eigenvalue weighted by atomic mass is 15.2. The lowest BCUT2D eigenvalue weighted by Crippen LogP contribution is -2.63. The SMILES string of the molecule is Cc1ccc2c(c1)N(c1ccccc1)c1cc3c(cc1B2c1ccccc1C(C)(C)C)B(c1ccccc1C(C)(C)C)c1ccccc1N3c1ccccc1. The topological polar surface area (TPSA) is 6.48 Å². The molecule has 2 aliphatic rings. The van der Waals surface area contributed by atoms with E-state index in [4.69, 9.17) is 0 Å². The number of rotatable bonds is 4. The predicted molar refractivity (Wildman–Crippen MR) is 240 cm³/mol. The first-order chi connectivity index (χ1) is 26.5. The molecular formula is C51H48B2N2. The lowest BCUT2D eigenvalue weighted by atomic mass is 9.30. The van der Waals surface area contributed by atoms with Gasteiger partial charge in [0.25, 0.3) is 0 Å². The van der Waals surface area contributed by atoms with Gasteiger partial charge in [0.1, 0.15) is 0 Å². The number of aryl methyl sites for hydroxylation is 1. The van der Waals surface area contributed by atoms with Crippen LogP contribution in [0, 0.1) is 6.92 Å². The van der Waals surface area contributed by atoms with E-state index in [0.29, 0.717) is 0 Å². The van der Waals surface area contributed by atoms with Gasteiger partial charge < -0.3 is 9.80 Å². The maximum absolute atomic E-state index is 2.60. The van der Waals surface area contributed by atoms with Crippen molar-refractivity contribution in [2.24, 2.45) is 0 Å². The number of anilines is 6. The summed E-state index contributed by atoms with van der Waals surface area (Å²) in [6.07, 6.45) is 0. The van der Waals surface area contributed by atoms with E-state index in [1.165, 1.54) is 72.2 Å². The van der Waals surface area contributed by atoms with Crippen LogP contribution in [0.2, 0.25) is 0 Å². The van der Waals surface area contributed by atoms with Crippen LogP contribution in [0.1, 0.15) is 58.2 Å². The summed E-state index contributed by atoms with van der Waals surface area (Å²) in [5.74, 6) is 0. The minimum atomic E-state index is -0.0381. The van der Waals surface area contributed by atoms with Crippen LogP contribution < -0.4 is 42.6 Å². The third-order valence-corrected chi connectivity index (χ3v) is 11.7. The summed E-state index contributed by atoms with van der Waals surface area (Å²) in [4.78, 5) is 5.03. The molecule has 0 radical (unpaired) electrons. The fraction of sp³-hybridized carbons (Fsp3) is 0.176. The van der Waals surface area contributed by atoms with Crippen molar-refractivity contribution in [3.8, 4) is 0 Å². The second-order valence-corrected chi connectivity index (χ2v) is 17.5. The van der Waals surface area contributed by atoms with Gasteiger partial charge in [0.2, 0.25) is 13.4 Å². The summed E-state index contributed by atoms with van der Waals surface area (Å²) in [6.45, 7) is 16.4. The van der Waals surface area contributed by atoms with Gasteiger partial charge in [-0.25, -0.2) is 0 Å². The van der Waals surface area contributed by atoms with Crippen molar-refractivity contribution in [1.82, 2.24) is 0 Å². The molecule has 0 aromatic heterocycles. The molecule has 268 valence electrons. The molecule has 0 aliphatic carbocycles. The highest BCUT2D eigenvalue weighted by molar-refractivity contribution is 7.01. The van der Waals surface area contributed by atoms with Crippen molar-refractivity contribution in [1.29, 1.82) is 0 Å². The molecule has 4 heteroatoms. The summed E-state index contributed by atoms with van der Waals surface area (Å²) in [7, 11) is 0. The molecule has 55 heavy (non-hydrogen) atoms. The Hall–Kier alpha value is -5.73. The van der Waals surface area contributed by atoms with E-state index in [0.717, 1.165) is 11.4 Å². The lowest BCUT2D eigenvalue weighted by Gasteiger charge is -2.43. The first-order valence-electron chi connectivity index (χ1n) is 19.8. The quantitative estimate of drug-likeness (QED) is 0.168. The molecule has 0 atom stereocenters. The Morgan fingerprint density at radius 1 is 0.345 bits per heavy atom. The van der Waals surface area contributed by atoms with Gasteiger partial charge >= 0.3 is 0 Å². The molecule has 7 aromatic rings. The predicted octanol–water partition coefficient (Wildman–Crippen LogP) is 9.19. The van der Waals surface area contributed by atoms with Crippen LogP contribution >= 0.6 is 0 Å². The molecule has 0 saturated heterocycles. The van der Waals surface area contributed by atoms with E-state index in [2.05, 4.69) is 222 Å². The Balaban J connectivity index is 1.44. The zero-order valence-electron chi connectivity index (χ0n) is 33.1. The van der Waals surface area contributed by atoms with Gasteiger partial charge in [-0.05, 0) is 98.8 Å². The van der Waals surface area contributed by atoms with Crippen molar-refractivity contribution in [2.45, 2.75) is 59.3 Å². The molecule has 0 N–H and O–H groups in total. The third kappa shape index (κ3) is 5.91. The minimum Gasteiger partial charge on any atom is -0.311 e. The lowest BCUT2D eigenvalue weighted by molar-refractivity contribution is 0.593. The molecule has 0 bridgehead atoms. The fourth-order valence-electron chi connectivity index (χ4n) is 9.33. The zero-order valence-corrected chi connectivity index (χ0v) is 33.1. The van der Waals surface area contributed by atoms with E-state index in [9.17, 15) is 0 Å². The van der Waals surface area contributed by atoms with Crippen LogP contribution in [-0.2, 0) is 10.8 Å². The number of hydrogen-bond acceptors (Lipinski definition) is 2. The number of benzene rings is 7. The van der Waals surface area contributed by atoms with E-state index < -0.39 is 0 Å². The van der Waals surface area contributed by atoms with Crippen molar-refractivity contribution in [2.75, 3.05) is 9.80 Å². The van der Waals surface area contributed by atoms with Crippen molar-refractivity contribution in [3.63, 3.8) is 0 Å². The molecule has 9 rings (SSSR count). The van der Waals surface area contributed by atoms with Gasteiger partial charge in [-0.3, -0.25) is 0 Å². The third-order valence-electron chi connectivity index (χ3n) is 11.7. The second-order valence-electron chi connectivity index (χ2n) is 17.5. The van der Waals surface area contributed by atoms with Crippen molar-refractivity contribution in [3.05, 3.63) is 180 Å². The monoisotopic (exact) mass is 710 g/mol. The summed E-state index contributed by atoms with van der Waals surface area (Å²) in [6, 6.07) is 61.5. The molecule has 0 amide bonds. The average molecular weight is 711 g/mol. The molecular weight excluding hydrogens is 662 g/mol. The van der Waals surface area contributed by atoms with Crippen LogP contribution in [0.25, 0.3) is 0 Å². The second kappa shape index (κ2) is 13.2. The van der Waals surface area contributed by atoms with Crippen LogP contribution in [0.3, 0.4) is 0 Å². The molecule has 0 spiro atoms. The van der Waals surface area contributed by atoms with Crippen LogP contribution in [0.5, 0.6) is 0 Å². The molecule has 0 unspecified atom stereocenters. The molecule has 0 saturated carbocycles. The van der Waals surface area contributed by atoms with Gasteiger partial charge in [0.05, 0.1) is 0 Å². The highest BCUT2D eigenvalue weighted by Crippen LogP contribution is 2.42. The molecule has 2 aliphatic heterocycles. The summed E-state index contributed by atoms with van der Waals surface area (Å²) in [5.41, 5.74) is 19.2. The maximum atomic E-state index is 2.60. The molecule has 0 fully saturated rings. The Labute approximate surface area is 328 Å². The maximum Gasteiger partial charge on any atom is 0.247 e. The largest absolute Gasteiger partial charge is 0.311 e. The van der Waals surface area contributed by atoms with Gasteiger partial charge in [-0.2, -0.15) is 0 Å². The van der Waals surface area contributed by atoms with Crippen molar-refractivity contribution < 1.29 is 0 Å². The van der Waals surface area contributed by atoms with Crippen LogP contribution in [0.4, 0.5) is 34.1 Å². The zero-order chi connectivity index (χ0) is 38.1. The van der Waals surface area contributed by atoms with E-state index >= 15 is 0 Å². The summed E-state index contributed by atoms with van der Waals surface area (Å²) in [5, 5.41) is 0. The van der Waals surface area contributed by atoms with Crippen molar-refractivity contribution >= 4 is 80.3 Å². The minimum absolute atomic E-state index is 0.0344. The molecule has 7 aromatic carbocycles. The van der Waals surface area contributed by atoms with Crippen LogP contribution in [-0.4, -0.2) is 13.4 Å². The molecule has 2 nitrogen and oxygen atoms in total.